The molecule has 21 heavy (non-hydrogen) atoms. The van der Waals surface area contributed by atoms with E-state index in [9.17, 15) is 4.39 Å². The van der Waals surface area contributed by atoms with Crippen molar-refractivity contribution < 1.29 is 9.13 Å². The summed E-state index contributed by atoms with van der Waals surface area (Å²) in [7, 11) is 0. The standard InChI is InChI=1S/C14H13FN4OS/c15-8-3-4-11-10(6-8)12-13(16-11)17-14(19-18-12)21-7-9-2-1-5-20-9/h3-4,6,9H,1-2,5,7H2,(H,16,17,19)/t9-/m0/s1. The molecule has 1 aliphatic heterocycles. The molecule has 3 heterocycles. The van der Waals surface area contributed by atoms with Crippen LogP contribution in [0.15, 0.2) is 23.4 Å². The summed E-state index contributed by atoms with van der Waals surface area (Å²) in [5.41, 5.74) is 2.06. The molecule has 4 rings (SSSR count). The van der Waals surface area contributed by atoms with Gasteiger partial charge in [-0.15, -0.1) is 10.2 Å². The first-order valence-corrected chi connectivity index (χ1v) is 7.84. The zero-order valence-corrected chi connectivity index (χ0v) is 12.0. The number of nitrogens with one attached hydrogen (secondary N) is 1. The summed E-state index contributed by atoms with van der Waals surface area (Å²) in [6.45, 7) is 0.844. The minimum absolute atomic E-state index is 0.283. The molecule has 2 aromatic heterocycles. The van der Waals surface area contributed by atoms with Gasteiger partial charge in [-0.05, 0) is 31.0 Å². The molecule has 0 bridgehead atoms. The molecule has 1 saturated heterocycles. The molecule has 0 unspecified atom stereocenters. The van der Waals surface area contributed by atoms with Crippen LogP contribution in [0.1, 0.15) is 12.8 Å². The topological polar surface area (TPSA) is 63.7 Å². The lowest BCUT2D eigenvalue weighted by atomic mass is 10.2. The maximum absolute atomic E-state index is 13.3. The first-order chi connectivity index (χ1) is 10.3. The van der Waals surface area contributed by atoms with E-state index in [2.05, 4.69) is 20.2 Å². The van der Waals surface area contributed by atoms with E-state index in [1.807, 2.05) is 0 Å². The van der Waals surface area contributed by atoms with Gasteiger partial charge in [-0.2, -0.15) is 0 Å². The van der Waals surface area contributed by atoms with E-state index in [4.69, 9.17) is 4.74 Å². The first-order valence-electron chi connectivity index (χ1n) is 6.86. The Balaban J connectivity index is 1.64. The van der Waals surface area contributed by atoms with E-state index in [-0.39, 0.29) is 11.9 Å². The van der Waals surface area contributed by atoms with Crippen LogP contribution in [0.3, 0.4) is 0 Å². The van der Waals surface area contributed by atoms with Gasteiger partial charge in [0, 0.05) is 23.3 Å². The Morgan fingerprint density at radius 1 is 1.38 bits per heavy atom. The maximum atomic E-state index is 13.3. The normalized spacial score (nSPS) is 18.8. The van der Waals surface area contributed by atoms with E-state index >= 15 is 0 Å². The number of fused-ring (bicyclic) bond motifs is 3. The molecule has 0 radical (unpaired) electrons. The molecule has 0 aliphatic carbocycles. The zero-order chi connectivity index (χ0) is 14.2. The van der Waals surface area contributed by atoms with Gasteiger partial charge in [-0.1, -0.05) is 11.8 Å². The van der Waals surface area contributed by atoms with Crippen LogP contribution < -0.4 is 0 Å². The summed E-state index contributed by atoms with van der Waals surface area (Å²) < 4.78 is 18.9. The van der Waals surface area contributed by atoms with Crippen LogP contribution in [-0.2, 0) is 4.74 Å². The van der Waals surface area contributed by atoms with Crippen molar-refractivity contribution in [3.05, 3.63) is 24.0 Å². The lowest BCUT2D eigenvalue weighted by Gasteiger charge is -2.06. The van der Waals surface area contributed by atoms with Gasteiger partial charge in [0.1, 0.15) is 11.3 Å². The minimum Gasteiger partial charge on any atom is -0.377 e. The van der Waals surface area contributed by atoms with Crippen LogP contribution >= 0.6 is 11.8 Å². The number of H-pyrrole nitrogens is 1. The predicted octanol–water partition coefficient (Wildman–Crippen LogP) is 2.92. The summed E-state index contributed by atoms with van der Waals surface area (Å²) in [4.78, 5) is 7.61. The van der Waals surface area contributed by atoms with Gasteiger partial charge in [0.05, 0.1) is 6.10 Å². The summed E-state index contributed by atoms with van der Waals surface area (Å²) >= 11 is 1.54. The molecule has 1 atom stereocenters. The Bertz CT molecular complexity index is 800. The molecular weight excluding hydrogens is 291 g/mol. The Labute approximate surface area is 124 Å². The SMILES string of the molecule is Fc1ccc2[nH]c3nc(SC[C@@H]4CCCO4)nnc3c2c1. The van der Waals surface area contributed by atoms with Crippen LogP contribution in [0, 0.1) is 5.82 Å². The van der Waals surface area contributed by atoms with Crippen LogP contribution in [-0.4, -0.2) is 38.6 Å². The molecule has 3 aromatic rings. The van der Waals surface area contributed by atoms with Gasteiger partial charge in [0.15, 0.2) is 5.65 Å². The summed E-state index contributed by atoms with van der Waals surface area (Å²) in [5, 5.41) is 9.63. The number of nitrogens with zero attached hydrogens (tertiary/aromatic N) is 3. The van der Waals surface area contributed by atoms with Crippen LogP contribution in [0.5, 0.6) is 0 Å². The molecule has 0 spiro atoms. The van der Waals surface area contributed by atoms with Crippen molar-refractivity contribution >= 4 is 33.8 Å². The molecule has 0 saturated carbocycles. The highest BCUT2D eigenvalue weighted by atomic mass is 32.2. The molecular formula is C14H13FN4OS. The third-order valence-corrected chi connectivity index (χ3v) is 4.55. The highest BCUT2D eigenvalue weighted by Crippen LogP contribution is 2.25. The largest absolute Gasteiger partial charge is 0.377 e. The number of aromatic nitrogens is 4. The molecule has 7 heteroatoms. The maximum Gasteiger partial charge on any atom is 0.211 e. The van der Waals surface area contributed by atoms with Gasteiger partial charge in [-0.3, -0.25) is 0 Å². The Kier molecular flexibility index (Phi) is 3.23. The molecule has 1 fully saturated rings. The molecule has 1 N–H and O–H groups in total. The van der Waals surface area contributed by atoms with E-state index in [0.717, 1.165) is 30.7 Å². The summed E-state index contributed by atoms with van der Waals surface area (Å²) in [6, 6.07) is 4.55. The average Bonchev–Trinajstić information content (AvgIpc) is 3.11. The number of rotatable bonds is 3. The van der Waals surface area contributed by atoms with Gasteiger partial charge >= 0.3 is 0 Å². The highest BCUT2D eigenvalue weighted by molar-refractivity contribution is 7.99. The number of ether oxygens (including phenoxy) is 1. The van der Waals surface area contributed by atoms with Gasteiger partial charge in [0.25, 0.3) is 0 Å². The molecule has 108 valence electrons. The van der Waals surface area contributed by atoms with Crippen LogP contribution in [0.25, 0.3) is 22.1 Å². The van der Waals surface area contributed by atoms with Crippen molar-refractivity contribution in [1.29, 1.82) is 0 Å². The number of aromatic amines is 1. The van der Waals surface area contributed by atoms with Crippen molar-refractivity contribution in [2.45, 2.75) is 24.1 Å². The number of thioether (sulfide) groups is 1. The van der Waals surface area contributed by atoms with Gasteiger partial charge in [0.2, 0.25) is 5.16 Å². The van der Waals surface area contributed by atoms with Crippen molar-refractivity contribution in [1.82, 2.24) is 20.2 Å². The predicted molar refractivity (Wildman–Crippen MR) is 78.8 cm³/mol. The van der Waals surface area contributed by atoms with Crippen molar-refractivity contribution in [2.75, 3.05) is 12.4 Å². The van der Waals surface area contributed by atoms with Gasteiger partial charge < -0.3 is 9.72 Å². The lowest BCUT2D eigenvalue weighted by molar-refractivity contribution is 0.129. The summed E-state index contributed by atoms with van der Waals surface area (Å²) in [5.74, 6) is 0.546. The van der Waals surface area contributed by atoms with E-state index in [1.54, 1.807) is 17.8 Å². The minimum atomic E-state index is -0.290. The second-order valence-corrected chi connectivity index (χ2v) is 6.04. The fourth-order valence-corrected chi connectivity index (χ4v) is 3.39. The monoisotopic (exact) mass is 304 g/mol. The molecule has 1 aliphatic rings. The lowest BCUT2D eigenvalue weighted by Crippen LogP contribution is -2.08. The van der Waals surface area contributed by atoms with E-state index in [1.165, 1.54) is 12.1 Å². The molecule has 5 nitrogen and oxygen atoms in total. The van der Waals surface area contributed by atoms with Crippen LogP contribution in [0.4, 0.5) is 4.39 Å². The van der Waals surface area contributed by atoms with Crippen molar-refractivity contribution in [3.63, 3.8) is 0 Å². The Morgan fingerprint density at radius 3 is 3.19 bits per heavy atom. The smallest absolute Gasteiger partial charge is 0.211 e. The number of hydrogen-bond donors (Lipinski definition) is 1. The Hall–Kier alpha value is -1.73. The molecule has 1 aromatic carbocycles. The highest BCUT2D eigenvalue weighted by Gasteiger charge is 2.17. The quantitative estimate of drug-likeness (QED) is 0.754. The van der Waals surface area contributed by atoms with Crippen LogP contribution in [0.2, 0.25) is 0 Å². The third-order valence-electron chi connectivity index (χ3n) is 3.58. The Morgan fingerprint density at radius 2 is 2.33 bits per heavy atom. The van der Waals surface area contributed by atoms with E-state index < -0.39 is 0 Å². The fourth-order valence-electron chi connectivity index (χ4n) is 2.53. The number of benzene rings is 1. The summed E-state index contributed by atoms with van der Waals surface area (Å²) in [6.07, 6.45) is 2.50. The van der Waals surface area contributed by atoms with Crippen molar-refractivity contribution in [2.24, 2.45) is 0 Å². The zero-order valence-electron chi connectivity index (χ0n) is 11.2. The van der Waals surface area contributed by atoms with Crippen molar-refractivity contribution in [3.8, 4) is 0 Å². The molecule has 0 amide bonds. The second kappa shape index (κ2) is 5.23. The number of hydrogen-bond acceptors (Lipinski definition) is 5. The number of halogens is 1. The third kappa shape index (κ3) is 2.47. The van der Waals surface area contributed by atoms with E-state index in [0.29, 0.717) is 21.7 Å². The average molecular weight is 304 g/mol. The second-order valence-electron chi connectivity index (χ2n) is 5.05. The van der Waals surface area contributed by atoms with Gasteiger partial charge in [-0.25, -0.2) is 9.37 Å². The fraction of sp³-hybridized carbons (Fsp3) is 0.357. The first kappa shape index (κ1) is 13.0.